The van der Waals surface area contributed by atoms with E-state index < -0.39 is 0 Å². The molecule has 0 unspecified atom stereocenters. The predicted molar refractivity (Wildman–Crippen MR) is 99.3 cm³/mol. The van der Waals surface area contributed by atoms with Gasteiger partial charge in [0.25, 0.3) is 0 Å². The van der Waals surface area contributed by atoms with Gasteiger partial charge in [-0.1, -0.05) is 17.8 Å². The fourth-order valence-electron chi connectivity index (χ4n) is 2.32. The van der Waals surface area contributed by atoms with Crippen LogP contribution in [0.5, 0.6) is 17.2 Å². The second kappa shape index (κ2) is 8.48. The third kappa shape index (κ3) is 4.48. The molecule has 25 heavy (non-hydrogen) atoms. The van der Waals surface area contributed by atoms with Gasteiger partial charge in [-0.3, -0.25) is 4.57 Å². The van der Waals surface area contributed by atoms with Gasteiger partial charge >= 0.3 is 0 Å². The molecule has 0 aliphatic carbocycles. The van der Waals surface area contributed by atoms with Crippen LogP contribution in [0.15, 0.2) is 66.1 Å². The van der Waals surface area contributed by atoms with Crippen molar-refractivity contribution >= 4 is 11.8 Å². The SMILES string of the molecule is COc1ccc(OCCSc2nccn2-c2cccc(OC)c2)cc1. The van der Waals surface area contributed by atoms with Gasteiger partial charge in [-0.05, 0) is 36.4 Å². The molecule has 0 N–H and O–H groups in total. The molecular weight excluding hydrogens is 336 g/mol. The van der Waals surface area contributed by atoms with Gasteiger partial charge in [0.2, 0.25) is 0 Å². The molecule has 1 aromatic heterocycles. The number of aromatic nitrogens is 2. The Balaban J connectivity index is 1.56. The molecule has 0 saturated heterocycles. The van der Waals surface area contributed by atoms with Gasteiger partial charge in [0.05, 0.1) is 26.5 Å². The maximum atomic E-state index is 5.75. The zero-order chi connectivity index (χ0) is 17.5. The number of imidazole rings is 1. The first-order chi connectivity index (χ1) is 12.3. The van der Waals surface area contributed by atoms with Crippen LogP contribution in [0, 0.1) is 0 Å². The third-order valence-corrected chi connectivity index (χ3v) is 4.51. The molecule has 0 aliphatic heterocycles. The Morgan fingerprint density at radius 1 is 0.960 bits per heavy atom. The molecular formula is C19H20N2O3S. The molecule has 0 amide bonds. The number of benzene rings is 2. The van der Waals surface area contributed by atoms with Crippen LogP contribution in [-0.2, 0) is 0 Å². The second-order valence-corrected chi connectivity index (χ2v) is 6.22. The van der Waals surface area contributed by atoms with Gasteiger partial charge in [0.1, 0.15) is 17.2 Å². The lowest BCUT2D eigenvalue weighted by Crippen LogP contribution is -2.02. The quantitative estimate of drug-likeness (QED) is 0.450. The van der Waals surface area contributed by atoms with E-state index in [4.69, 9.17) is 14.2 Å². The number of thioether (sulfide) groups is 1. The highest BCUT2D eigenvalue weighted by atomic mass is 32.2. The highest BCUT2D eigenvalue weighted by molar-refractivity contribution is 7.99. The van der Waals surface area contributed by atoms with E-state index in [1.165, 1.54) is 0 Å². The van der Waals surface area contributed by atoms with Crippen LogP contribution in [0.2, 0.25) is 0 Å². The Bertz CT molecular complexity index is 802. The maximum absolute atomic E-state index is 5.75. The standard InChI is InChI=1S/C19H20N2O3S/c1-22-16-6-8-17(9-7-16)24-12-13-25-19-20-10-11-21(19)15-4-3-5-18(14-15)23-2/h3-11,14H,12-13H2,1-2H3. The molecule has 6 heteroatoms. The van der Waals surface area contributed by atoms with Crippen molar-refractivity contribution in [1.82, 2.24) is 9.55 Å². The highest BCUT2D eigenvalue weighted by Crippen LogP contribution is 2.23. The summed E-state index contributed by atoms with van der Waals surface area (Å²) < 4.78 is 18.2. The summed E-state index contributed by atoms with van der Waals surface area (Å²) in [5.74, 6) is 3.28. The van der Waals surface area contributed by atoms with Crippen LogP contribution in [0.4, 0.5) is 0 Å². The number of nitrogens with zero attached hydrogens (tertiary/aromatic N) is 2. The lowest BCUT2D eigenvalue weighted by atomic mass is 10.3. The van der Waals surface area contributed by atoms with E-state index in [0.717, 1.165) is 33.8 Å². The smallest absolute Gasteiger partial charge is 0.172 e. The highest BCUT2D eigenvalue weighted by Gasteiger charge is 2.07. The van der Waals surface area contributed by atoms with Gasteiger partial charge in [-0.15, -0.1) is 0 Å². The van der Waals surface area contributed by atoms with Crippen LogP contribution in [-0.4, -0.2) is 36.1 Å². The molecule has 0 fully saturated rings. The van der Waals surface area contributed by atoms with Crippen molar-refractivity contribution in [2.45, 2.75) is 5.16 Å². The molecule has 0 spiro atoms. The largest absolute Gasteiger partial charge is 0.497 e. The summed E-state index contributed by atoms with van der Waals surface area (Å²) in [6.07, 6.45) is 3.74. The summed E-state index contributed by atoms with van der Waals surface area (Å²) in [6, 6.07) is 15.5. The summed E-state index contributed by atoms with van der Waals surface area (Å²) >= 11 is 1.65. The number of rotatable bonds is 8. The Labute approximate surface area is 151 Å². The van der Waals surface area contributed by atoms with Gasteiger partial charge in [0.15, 0.2) is 5.16 Å². The van der Waals surface area contributed by atoms with E-state index in [2.05, 4.69) is 4.98 Å². The van der Waals surface area contributed by atoms with Crippen molar-refractivity contribution in [3.63, 3.8) is 0 Å². The molecule has 0 radical (unpaired) electrons. The fraction of sp³-hybridized carbons (Fsp3) is 0.211. The fourth-order valence-corrected chi connectivity index (χ4v) is 3.11. The number of hydrogen-bond donors (Lipinski definition) is 0. The molecule has 0 bridgehead atoms. The number of ether oxygens (including phenoxy) is 3. The Kier molecular flexibility index (Phi) is 5.85. The first-order valence-electron chi connectivity index (χ1n) is 7.87. The van der Waals surface area contributed by atoms with E-state index in [0.29, 0.717) is 6.61 Å². The van der Waals surface area contributed by atoms with Gasteiger partial charge < -0.3 is 14.2 Å². The number of methoxy groups -OCH3 is 2. The molecule has 3 aromatic rings. The minimum atomic E-state index is 0.599. The van der Waals surface area contributed by atoms with Crippen molar-refractivity contribution in [3.8, 4) is 22.9 Å². The van der Waals surface area contributed by atoms with E-state index in [9.17, 15) is 0 Å². The normalized spacial score (nSPS) is 10.5. The predicted octanol–water partition coefficient (Wildman–Crippen LogP) is 4.06. The summed E-state index contributed by atoms with van der Waals surface area (Å²) in [7, 11) is 3.32. The minimum Gasteiger partial charge on any atom is -0.497 e. The van der Waals surface area contributed by atoms with Crippen LogP contribution < -0.4 is 14.2 Å². The first-order valence-corrected chi connectivity index (χ1v) is 8.86. The monoisotopic (exact) mass is 356 g/mol. The van der Waals surface area contributed by atoms with Crippen LogP contribution in [0.25, 0.3) is 5.69 Å². The molecule has 0 saturated carbocycles. The lowest BCUT2D eigenvalue weighted by Gasteiger charge is -2.10. The number of hydrogen-bond acceptors (Lipinski definition) is 5. The van der Waals surface area contributed by atoms with Crippen LogP contribution in [0.1, 0.15) is 0 Å². The van der Waals surface area contributed by atoms with Gasteiger partial charge in [0, 0.05) is 24.2 Å². The van der Waals surface area contributed by atoms with E-state index in [1.54, 1.807) is 32.2 Å². The Morgan fingerprint density at radius 3 is 2.48 bits per heavy atom. The molecule has 1 heterocycles. The topological polar surface area (TPSA) is 45.5 Å². The maximum Gasteiger partial charge on any atom is 0.172 e. The van der Waals surface area contributed by atoms with E-state index in [-0.39, 0.29) is 0 Å². The van der Waals surface area contributed by atoms with E-state index in [1.807, 2.05) is 59.3 Å². The van der Waals surface area contributed by atoms with Crippen molar-refractivity contribution in [2.75, 3.05) is 26.6 Å². The van der Waals surface area contributed by atoms with Gasteiger partial charge in [-0.25, -0.2) is 4.98 Å². The van der Waals surface area contributed by atoms with Crippen molar-refractivity contribution in [1.29, 1.82) is 0 Å². The summed E-state index contributed by atoms with van der Waals surface area (Å²) in [6.45, 7) is 0.599. The molecule has 3 rings (SSSR count). The zero-order valence-corrected chi connectivity index (χ0v) is 15.0. The average molecular weight is 356 g/mol. The van der Waals surface area contributed by atoms with Gasteiger partial charge in [-0.2, -0.15) is 0 Å². The molecule has 0 aliphatic rings. The minimum absolute atomic E-state index is 0.599. The third-order valence-electron chi connectivity index (χ3n) is 3.58. The van der Waals surface area contributed by atoms with Crippen LogP contribution in [0.3, 0.4) is 0 Å². The van der Waals surface area contributed by atoms with Crippen LogP contribution >= 0.6 is 11.8 Å². The first kappa shape index (κ1) is 17.2. The van der Waals surface area contributed by atoms with E-state index >= 15 is 0 Å². The summed E-state index contributed by atoms with van der Waals surface area (Å²) in [5.41, 5.74) is 1.02. The van der Waals surface area contributed by atoms with Crippen molar-refractivity contribution in [3.05, 3.63) is 60.9 Å². The summed E-state index contributed by atoms with van der Waals surface area (Å²) in [5, 5.41) is 0.923. The molecule has 0 atom stereocenters. The molecule has 130 valence electrons. The second-order valence-electron chi connectivity index (χ2n) is 5.15. The van der Waals surface area contributed by atoms with Crippen molar-refractivity contribution < 1.29 is 14.2 Å². The average Bonchev–Trinajstić information content (AvgIpc) is 3.14. The Hall–Kier alpha value is -2.60. The summed E-state index contributed by atoms with van der Waals surface area (Å²) in [4.78, 5) is 4.43. The molecule has 2 aromatic carbocycles. The molecule has 5 nitrogen and oxygen atoms in total. The lowest BCUT2D eigenvalue weighted by molar-refractivity contribution is 0.342. The van der Waals surface area contributed by atoms with Crippen molar-refractivity contribution in [2.24, 2.45) is 0 Å². The zero-order valence-electron chi connectivity index (χ0n) is 14.2. The Morgan fingerprint density at radius 2 is 1.72 bits per heavy atom.